The van der Waals surface area contributed by atoms with E-state index in [1.54, 1.807) is 0 Å². The van der Waals surface area contributed by atoms with Gasteiger partial charge in [-0.25, -0.2) is 4.98 Å². The van der Waals surface area contributed by atoms with Crippen molar-refractivity contribution in [3.05, 3.63) is 133 Å². The third-order valence-corrected chi connectivity index (χ3v) is 10.0. The van der Waals surface area contributed by atoms with Gasteiger partial charge < -0.3 is 4.98 Å². The number of aromatic amines is 1. The van der Waals surface area contributed by atoms with E-state index in [2.05, 4.69) is 107 Å². The van der Waals surface area contributed by atoms with E-state index in [1.807, 2.05) is 47.7 Å². The number of rotatable bonds is 3. The van der Waals surface area contributed by atoms with Crippen molar-refractivity contribution in [2.24, 2.45) is 0 Å². The number of benzene rings is 6. The Hall–Kier alpha value is -5.85. The maximum Gasteiger partial charge on any atom is 0.238 e. The predicted molar refractivity (Wildman–Crippen MR) is 187 cm³/mol. The van der Waals surface area contributed by atoms with Crippen molar-refractivity contribution in [3.63, 3.8) is 0 Å². The van der Waals surface area contributed by atoms with E-state index in [0.717, 1.165) is 33.2 Å². The Labute approximate surface area is 261 Å². The standard InChI is InChI=1S/C39H23N5S/c1-3-11-23(12-4-1)37-41-38(24-13-5-2-6-14-24)43-39(42-37)44-31-22-21-28-26-16-8-10-18-32(26)45-36(28)33(31)29-20-19-27-25-15-7-9-17-30(25)40-34(27)35(29)44/h1-22,40H. The first kappa shape index (κ1) is 24.6. The number of H-pyrrole nitrogens is 1. The second kappa shape index (κ2) is 9.32. The van der Waals surface area contributed by atoms with Crippen LogP contribution in [-0.2, 0) is 0 Å². The molecule has 0 fully saturated rings. The van der Waals surface area contributed by atoms with Crippen molar-refractivity contribution in [2.75, 3.05) is 0 Å². The van der Waals surface area contributed by atoms with Gasteiger partial charge in [0.2, 0.25) is 5.95 Å². The summed E-state index contributed by atoms with van der Waals surface area (Å²) in [7, 11) is 0. The van der Waals surface area contributed by atoms with Gasteiger partial charge in [0.25, 0.3) is 0 Å². The molecule has 0 aliphatic heterocycles. The van der Waals surface area contributed by atoms with Crippen molar-refractivity contribution in [1.29, 1.82) is 0 Å². The van der Waals surface area contributed by atoms with Gasteiger partial charge in [-0.15, -0.1) is 11.3 Å². The minimum Gasteiger partial charge on any atom is -0.353 e. The normalized spacial score (nSPS) is 12.0. The zero-order valence-corrected chi connectivity index (χ0v) is 24.7. The van der Waals surface area contributed by atoms with Crippen molar-refractivity contribution < 1.29 is 0 Å². The van der Waals surface area contributed by atoms with E-state index in [1.165, 1.54) is 41.7 Å². The van der Waals surface area contributed by atoms with Crippen LogP contribution in [0.15, 0.2) is 133 Å². The van der Waals surface area contributed by atoms with Crippen LogP contribution in [-0.4, -0.2) is 24.5 Å². The first-order valence-corrected chi connectivity index (χ1v) is 15.8. The smallest absolute Gasteiger partial charge is 0.238 e. The third kappa shape index (κ3) is 3.57. The molecule has 0 atom stereocenters. The number of thiophene rings is 1. The number of hydrogen-bond donors (Lipinski definition) is 1. The molecule has 4 aromatic heterocycles. The molecule has 6 heteroatoms. The van der Waals surface area contributed by atoms with Gasteiger partial charge in [-0.1, -0.05) is 115 Å². The van der Waals surface area contributed by atoms with Crippen LogP contribution in [0.2, 0.25) is 0 Å². The Morgan fingerprint density at radius 3 is 1.89 bits per heavy atom. The molecule has 210 valence electrons. The molecular weight excluding hydrogens is 571 g/mol. The summed E-state index contributed by atoms with van der Waals surface area (Å²) in [6.45, 7) is 0. The van der Waals surface area contributed by atoms with E-state index in [4.69, 9.17) is 15.0 Å². The second-order valence-corrected chi connectivity index (χ2v) is 12.4. The second-order valence-electron chi connectivity index (χ2n) is 11.3. The fourth-order valence-electron chi connectivity index (χ4n) is 6.79. The molecule has 5 nitrogen and oxygen atoms in total. The van der Waals surface area contributed by atoms with Gasteiger partial charge in [-0.2, -0.15) is 9.97 Å². The van der Waals surface area contributed by atoms with Crippen LogP contribution in [0.5, 0.6) is 0 Å². The summed E-state index contributed by atoms with van der Waals surface area (Å²) < 4.78 is 4.80. The summed E-state index contributed by atoms with van der Waals surface area (Å²) in [5.41, 5.74) is 6.20. The summed E-state index contributed by atoms with van der Waals surface area (Å²) in [6.07, 6.45) is 0. The van der Waals surface area contributed by atoms with Crippen LogP contribution >= 0.6 is 11.3 Å². The van der Waals surface area contributed by atoms with Gasteiger partial charge in [0.1, 0.15) is 0 Å². The van der Waals surface area contributed by atoms with Gasteiger partial charge in [0.05, 0.1) is 16.6 Å². The minimum absolute atomic E-state index is 0.592. The third-order valence-electron chi connectivity index (χ3n) is 8.80. The zero-order chi connectivity index (χ0) is 29.5. The predicted octanol–water partition coefficient (Wildman–Crippen LogP) is 10.3. The van der Waals surface area contributed by atoms with E-state index >= 15 is 0 Å². The lowest BCUT2D eigenvalue weighted by Crippen LogP contribution is -2.06. The first-order valence-electron chi connectivity index (χ1n) is 15.0. The summed E-state index contributed by atoms with van der Waals surface area (Å²) in [5.74, 6) is 1.87. The molecule has 0 aliphatic carbocycles. The highest BCUT2D eigenvalue weighted by Gasteiger charge is 2.23. The highest BCUT2D eigenvalue weighted by Crippen LogP contribution is 2.45. The van der Waals surface area contributed by atoms with Crippen LogP contribution in [0.3, 0.4) is 0 Å². The van der Waals surface area contributed by atoms with Gasteiger partial charge in [0, 0.05) is 58.4 Å². The molecule has 4 heterocycles. The fraction of sp³-hybridized carbons (Fsp3) is 0. The molecule has 0 saturated heterocycles. The number of para-hydroxylation sites is 1. The zero-order valence-electron chi connectivity index (χ0n) is 23.9. The lowest BCUT2D eigenvalue weighted by atomic mass is 10.1. The number of nitrogens with zero attached hydrogens (tertiary/aromatic N) is 4. The summed E-state index contributed by atoms with van der Waals surface area (Å²) in [4.78, 5) is 19.1. The molecule has 6 aromatic carbocycles. The van der Waals surface area contributed by atoms with E-state index in [0.29, 0.717) is 17.6 Å². The lowest BCUT2D eigenvalue weighted by Gasteiger charge is -2.11. The maximum absolute atomic E-state index is 5.19. The van der Waals surface area contributed by atoms with Crippen LogP contribution < -0.4 is 0 Å². The molecule has 1 N–H and O–H groups in total. The molecule has 0 spiro atoms. The summed E-state index contributed by atoms with van der Waals surface area (Å²) >= 11 is 1.85. The Morgan fingerprint density at radius 2 is 1.13 bits per heavy atom. The van der Waals surface area contributed by atoms with Crippen molar-refractivity contribution in [2.45, 2.75) is 0 Å². The molecule has 10 aromatic rings. The monoisotopic (exact) mass is 593 g/mol. The van der Waals surface area contributed by atoms with Gasteiger partial charge in [0.15, 0.2) is 11.6 Å². The average Bonchev–Trinajstić information content (AvgIpc) is 3.78. The Morgan fingerprint density at radius 1 is 0.511 bits per heavy atom. The average molecular weight is 594 g/mol. The van der Waals surface area contributed by atoms with Crippen LogP contribution in [0.4, 0.5) is 0 Å². The van der Waals surface area contributed by atoms with E-state index < -0.39 is 0 Å². The Kier molecular flexibility index (Phi) is 5.09. The minimum atomic E-state index is 0.592. The summed E-state index contributed by atoms with van der Waals surface area (Å²) in [6, 6.07) is 46.5. The molecule has 0 bridgehead atoms. The van der Waals surface area contributed by atoms with Crippen molar-refractivity contribution in [3.8, 4) is 28.7 Å². The van der Waals surface area contributed by atoms with Crippen LogP contribution in [0.25, 0.3) is 92.5 Å². The molecule has 45 heavy (non-hydrogen) atoms. The topological polar surface area (TPSA) is 59.4 Å². The van der Waals surface area contributed by atoms with Gasteiger partial charge >= 0.3 is 0 Å². The highest BCUT2D eigenvalue weighted by atomic mass is 32.1. The Bertz CT molecular complexity index is 2700. The van der Waals surface area contributed by atoms with Gasteiger partial charge in [-0.3, -0.25) is 4.57 Å². The SMILES string of the molecule is c1ccc(-c2nc(-c3ccccc3)nc(-n3c4ccc5c6ccccc6sc5c4c4ccc5c6ccccc6[nH]c5c43)n2)cc1. The van der Waals surface area contributed by atoms with E-state index in [-0.39, 0.29) is 0 Å². The molecule has 0 saturated carbocycles. The Balaban J connectivity index is 1.40. The number of nitrogens with one attached hydrogen (secondary N) is 1. The van der Waals surface area contributed by atoms with Crippen molar-refractivity contribution in [1.82, 2.24) is 24.5 Å². The van der Waals surface area contributed by atoms with Crippen molar-refractivity contribution >= 4 is 75.1 Å². The molecule has 0 radical (unpaired) electrons. The quantitative estimate of drug-likeness (QED) is 0.222. The number of hydrogen-bond acceptors (Lipinski definition) is 4. The maximum atomic E-state index is 5.19. The van der Waals surface area contributed by atoms with Crippen LogP contribution in [0, 0.1) is 0 Å². The van der Waals surface area contributed by atoms with Crippen LogP contribution in [0.1, 0.15) is 0 Å². The summed E-state index contributed by atoms with van der Waals surface area (Å²) in [5, 5.41) is 7.31. The fourth-order valence-corrected chi connectivity index (χ4v) is 8.05. The molecule has 10 rings (SSSR count). The largest absolute Gasteiger partial charge is 0.353 e. The molecule has 0 amide bonds. The molecule has 0 aliphatic rings. The lowest BCUT2D eigenvalue weighted by molar-refractivity contribution is 0.955. The van der Waals surface area contributed by atoms with Gasteiger partial charge in [-0.05, 0) is 18.2 Å². The highest BCUT2D eigenvalue weighted by molar-refractivity contribution is 7.26. The van der Waals surface area contributed by atoms with E-state index in [9.17, 15) is 0 Å². The number of aromatic nitrogens is 5. The first-order chi connectivity index (χ1) is 22.3. The number of fused-ring (bicyclic) bond motifs is 11. The molecule has 0 unspecified atom stereocenters. The molecular formula is C39H23N5S.